The fraction of sp³-hybridized carbons (Fsp3) is 0.900. The Morgan fingerprint density at radius 3 is 2.33 bits per heavy atom. The molecule has 0 amide bonds. The third-order valence-electron chi connectivity index (χ3n) is 3.94. The first kappa shape index (κ1) is 8.24. The van der Waals surface area contributed by atoms with Crippen LogP contribution in [0.1, 0.15) is 33.6 Å². The van der Waals surface area contributed by atoms with E-state index in [9.17, 15) is 9.90 Å². The van der Waals surface area contributed by atoms with E-state index in [4.69, 9.17) is 0 Å². The molecule has 0 aromatic heterocycles. The number of fused-ring (bicyclic) bond motifs is 2. The molecule has 3 aliphatic carbocycles. The molecule has 0 spiro atoms. The highest BCUT2D eigenvalue weighted by Gasteiger charge is 2.62. The van der Waals surface area contributed by atoms with Crippen LogP contribution in [0.25, 0.3) is 0 Å². The Morgan fingerprint density at radius 1 is 1.42 bits per heavy atom. The Labute approximate surface area is 73.0 Å². The van der Waals surface area contributed by atoms with Crippen LogP contribution in [0.15, 0.2) is 0 Å². The topological polar surface area (TPSA) is 37.3 Å². The molecule has 2 nitrogen and oxygen atoms in total. The van der Waals surface area contributed by atoms with Crippen molar-refractivity contribution >= 4 is 5.78 Å². The summed E-state index contributed by atoms with van der Waals surface area (Å²) >= 11 is 0. The monoisotopic (exact) mass is 168 g/mol. The van der Waals surface area contributed by atoms with Gasteiger partial charge < -0.3 is 5.11 Å². The van der Waals surface area contributed by atoms with E-state index in [1.165, 1.54) is 0 Å². The van der Waals surface area contributed by atoms with Gasteiger partial charge in [0.15, 0.2) is 0 Å². The maximum Gasteiger partial charge on any atom is 0.139 e. The van der Waals surface area contributed by atoms with E-state index in [2.05, 4.69) is 13.8 Å². The van der Waals surface area contributed by atoms with Crippen LogP contribution in [0.2, 0.25) is 0 Å². The molecule has 1 N–H and O–H groups in total. The number of hydrogen-bond acceptors (Lipinski definition) is 2. The van der Waals surface area contributed by atoms with Gasteiger partial charge >= 0.3 is 0 Å². The molecule has 2 bridgehead atoms. The van der Waals surface area contributed by atoms with Gasteiger partial charge in [-0.3, -0.25) is 4.79 Å². The van der Waals surface area contributed by atoms with Crippen molar-refractivity contribution in [2.75, 3.05) is 0 Å². The Bertz CT molecular complexity index is 232. The summed E-state index contributed by atoms with van der Waals surface area (Å²) < 4.78 is 0. The van der Waals surface area contributed by atoms with Gasteiger partial charge in [0.2, 0.25) is 0 Å². The van der Waals surface area contributed by atoms with Crippen molar-refractivity contribution < 1.29 is 9.90 Å². The van der Waals surface area contributed by atoms with E-state index in [1.54, 1.807) is 6.92 Å². The summed E-state index contributed by atoms with van der Waals surface area (Å²) in [5, 5.41) is 9.97. The quantitative estimate of drug-likeness (QED) is 0.593. The minimum absolute atomic E-state index is 0.0405. The van der Waals surface area contributed by atoms with E-state index in [-0.39, 0.29) is 17.1 Å². The second-order valence-corrected chi connectivity index (χ2v) is 5.16. The summed E-state index contributed by atoms with van der Waals surface area (Å²) in [6, 6.07) is 0. The maximum atomic E-state index is 11.5. The minimum Gasteiger partial charge on any atom is -0.389 e. The van der Waals surface area contributed by atoms with E-state index in [0.717, 1.165) is 6.42 Å². The second-order valence-electron chi connectivity index (χ2n) is 5.16. The lowest BCUT2D eigenvalue weighted by Gasteiger charge is -2.61. The fourth-order valence-corrected chi connectivity index (χ4v) is 3.13. The Kier molecular flexibility index (Phi) is 1.32. The number of carbonyl (C=O) groups excluding carboxylic acids is 1. The normalized spacial score (nSPS) is 50.2. The summed E-state index contributed by atoms with van der Waals surface area (Å²) in [7, 11) is 0. The average molecular weight is 168 g/mol. The molecule has 68 valence electrons. The van der Waals surface area contributed by atoms with Crippen molar-refractivity contribution in [1.29, 1.82) is 0 Å². The zero-order valence-corrected chi connectivity index (χ0v) is 7.92. The molecule has 3 atom stereocenters. The van der Waals surface area contributed by atoms with Crippen LogP contribution in [0.5, 0.6) is 0 Å². The van der Waals surface area contributed by atoms with Crippen LogP contribution in [0.3, 0.4) is 0 Å². The van der Waals surface area contributed by atoms with Gasteiger partial charge in [-0.25, -0.2) is 0 Å². The Morgan fingerprint density at radius 2 is 2.00 bits per heavy atom. The summed E-state index contributed by atoms with van der Waals surface area (Å²) in [5.74, 6) is 0.808. The van der Waals surface area contributed by atoms with Gasteiger partial charge in [-0.2, -0.15) is 0 Å². The first-order valence-electron chi connectivity index (χ1n) is 4.61. The largest absolute Gasteiger partial charge is 0.389 e. The van der Waals surface area contributed by atoms with Crippen molar-refractivity contribution in [2.45, 2.75) is 39.2 Å². The van der Waals surface area contributed by atoms with Crippen molar-refractivity contribution in [2.24, 2.45) is 17.3 Å². The zero-order valence-electron chi connectivity index (χ0n) is 7.92. The van der Waals surface area contributed by atoms with Crippen molar-refractivity contribution in [3.8, 4) is 0 Å². The summed E-state index contributed by atoms with van der Waals surface area (Å²) in [6.45, 7) is 5.99. The van der Waals surface area contributed by atoms with Crippen molar-refractivity contribution in [1.82, 2.24) is 0 Å². The smallest absolute Gasteiger partial charge is 0.139 e. The van der Waals surface area contributed by atoms with Crippen molar-refractivity contribution in [3.63, 3.8) is 0 Å². The number of hydrogen-bond donors (Lipinski definition) is 1. The van der Waals surface area contributed by atoms with Crippen LogP contribution in [0, 0.1) is 17.3 Å². The number of ketones is 1. The molecule has 0 saturated heterocycles. The molecular formula is C10H16O2. The van der Waals surface area contributed by atoms with E-state index < -0.39 is 5.60 Å². The molecule has 0 unspecified atom stereocenters. The molecule has 3 aliphatic rings. The fourth-order valence-electron chi connectivity index (χ4n) is 3.13. The molecule has 0 heterocycles. The number of rotatable bonds is 0. The third-order valence-corrected chi connectivity index (χ3v) is 3.94. The molecule has 0 aromatic carbocycles. The SMILES string of the molecule is CC1(C)[C@@H]2C[C@H]1[C@](C)(O)CC2=O. The predicted molar refractivity (Wildman–Crippen MR) is 45.6 cm³/mol. The second kappa shape index (κ2) is 1.92. The molecule has 0 aliphatic heterocycles. The molecule has 3 fully saturated rings. The van der Waals surface area contributed by atoms with Gasteiger partial charge in [0, 0.05) is 12.3 Å². The Hall–Kier alpha value is -0.370. The number of carbonyl (C=O) groups is 1. The number of Topliss-reactive ketones (excluding diaryl/α,β-unsaturated/α-hetero) is 1. The van der Waals surface area contributed by atoms with Crippen molar-refractivity contribution in [3.05, 3.63) is 0 Å². The van der Waals surface area contributed by atoms with Crippen LogP contribution in [-0.2, 0) is 4.79 Å². The summed E-state index contributed by atoms with van der Waals surface area (Å²) in [4.78, 5) is 11.5. The van der Waals surface area contributed by atoms with Crippen LogP contribution in [-0.4, -0.2) is 16.5 Å². The van der Waals surface area contributed by atoms with Gasteiger partial charge in [0.1, 0.15) is 5.78 Å². The van der Waals surface area contributed by atoms with E-state index in [1.807, 2.05) is 0 Å². The highest BCUT2D eigenvalue weighted by molar-refractivity contribution is 5.85. The molecule has 0 radical (unpaired) electrons. The third kappa shape index (κ3) is 0.764. The van der Waals surface area contributed by atoms with E-state index in [0.29, 0.717) is 12.3 Å². The van der Waals surface area contributed by atoms with Gasteiger partial charge in [-0.15, -0.1) is 0 Å². The minimum atomic E-state index is -0.741. The highest BCUT2D eigenvalue weighted by atomic mass is 16.3. The summed E-state index contributed by atoms with van der Waals surface area (Å²) in [5.41, 5.74) is -0.700. The van der Waals surface area contributed by atoms with Gasteiger partial charge in [0.25, 0.3) is 0 Å². The van der Waals surface area contributed by atoms with Gasteiger partial charge in [0.05, 0.1) is 5.60 Å². The zero-order chi connectivity index (χ0) is 9.15. The van der Waals surface area contributed by atoms with Gasteiger partial charge in [-0.1, -0.05) is 13.8 Å². The first-order chi connectivity index (χ1) is 5.36. The lowest BCUT2D eigenvalue weighted by molar-refractivity contribution is -0.194. The molecule has 2 heteroatoms. The van der Waals surface area contributed by atoms with Crippen LogP contribution in [0.4, 0.5) is 0 Å². The standard InChI is InChI=1S/C10H16O2/c1-9(2)6-4-8(9)10(3,12)5-7(6)11/h6,8,12H,4-5H2,1-3H3/t6-,8-,10-/m1/s1. The van der Waals surface area contributed by atoms with Crippen LogP contribution >= 0.6 is 0 Å². The van der Waals surface area contributed by atoms with Crippen LogP contribution < -0.4 is 0 Å². The summed E-state index contributed by atoms with van der Waals surface area (Å²) in [6.07, 6.45) is 1.27. The van der Waals surface area contributed by atoms with Gasteiger partial charge in [-0.05, 0) is 24.7 Å². The lowest BCUT2D eigenvalue weighted by atomic mass is 9.44. The molecule has 0 aromatic rings. The predicted octanol–water partition coefficient (Wildman–Crippen LogP) is 1.37. The van der Waals surface area contributed by atoms with E-state index >= 15 is 0 Å². The average Bonchev–Trinajstić information content (AvgIpc) is 1.81. The highest BCUT2D eigenvalue weighted by Crippen LogP contribution is 2.61. The maximum absolute atomic E-state index is 11.5. The molecule has 12 heavy (non-hydrogen) atoms. The number of aliphatic hydroxyl groups is 1. The molecule has 3 saturated carbocycles. The molecular weight excluding hydrogens is 152 g/mol. The first-order valence-corrected chi connectivity index (χ1v) is 4.61. The molecule has 3 rings (SSSR count). The lowest BCUT2D eigenvalue weighted by Crippen LogP contribution is -2.64. The Balaban J connectivity index is 2.34.